The summed E-state index contributed by atoms with van der Waals surface area (Å²) < 4.78 is 4.56. The Morgan fingerprint density at radius 3 is 2.50 bits per heavy atom. The molecular formula is C17H22N2O3. The molecule has 0 aliphatic heterocycles. The highest BCUT2D eigenvalue weighted by Crippen LogP contribution is 2.20. The number of hydrogen-bond donors (Lipinski definition) is 1. The minimum atomic E-state index is -0.193. The molecule has 0 atom stereocenters. The van der Waals surface area contributed by atoms with Crippen molar-refractivity contribution in [2.45, 2.75) is 45.4 Å². The molecule has 0 aliphatic carbocycles. The van der Waals surface area contributed by atoms with E-state index in [1.54, 1.807) is 12.1 Å². The number of nitrogens with zero attached hydrogens (tertiary/aromatic N) is 1. The molecule has 5 nitrogen and oxygen atoms in total. The van der Waals surface area contributed by atoms with Gasteiger partial charge in [0.15, 0.2) is 0 Å². The number of carbonyl (C=O) groups is 2. The van der Waals surface area contributed by atoms with Crippen molar-refractivity contribution < 1.29 is 14.3 Å². The highest BCUT2D eigenvalue weighted by molar-refractivity contribution is 5.92. The smallest absolute Gasteiger partial charge is 0.305 e. The third-order valence-electron chi connectivity index (χ3n) is 3.42. The third-order valence-corrected chi connectivity index (χ3v) is 3.42. The topological polar surface area (TPSA) is 79.2 Å². The summed E-state index contributed by atoms with van der Waals surface area (Å²) in [7, 11) is 1.38. The summed E-state index contributed by atoms with van der Waals surface area (Å²) >= 11 is 0. The number of unbranched alkanes of at least 4 members (excludes halogenated alkanes) is 3. The van der Waals surface area contributed by atoms with Gasteiger partial charge in [0.25, 0.3) is 0 Å². The van der Waals surface area contributed by atoms with Crippen LogP contribution in [0.4, 0.5) is 5.69 Å². The monoisotopic (exact) mass is 302 g/mol. The largest absolute Gasteiger partial charge is 0.469 e. The van der Waals surface area contributed by atoms with Gasteiger partial charge in [0.1, 0.15) is 6.07 Å². The van der Waals surface area contributed by atoms with E-state index in [4.69, 9.17) is 5.26 Å². The van der Waals surface area contributed by atoms with Gasteiger partial charge in [-0.3, -0.25) is 9.59 Å². The second-order valence-electron chi connectivity index (χ2n) is 5.15. The summed E-state index contributed by atoms with van der Waals surface area (Å²) in [6.07, 6.45) is 4.18. The van der Waals surface area contributed by atoms with Gasteiger partial charge in [-0.2, -0.15) is 5.26 Å². The lowest BCUT2D eigenvalue weighted by Gasteiger charge is -2.10. The molecule has 0 saturated carbocycles. The standard InChI is InChI=1S/C17H22N2O3/c1-13-8-7-9-14(12-18)17(13)19-15(20)10-5-3-4-6-11-16(21)22-2/h7-9H,3-6,10-11H2,1-2H3,(H,19,20). The number of hydrogen-bond acceptors (Lipinski definition) is 4. The van der Waals surface area contributed by atoms with E-state index in [2.05, 4.69) is 16.1 Å². The number of amides is 1. The van der Waals surface area contributed by atoms with Gasteiger partial charge in [-0.25, -0.2) is 0 Å². The first-order valence-electron chi connectivity index (χ1n) is 7.45. The van der Waals surface area contributed by atoms with Crippen LogP contribution in [0.15, 0.2) is 18.2 Å². The number of esters is 1. The molecule has 22 heavy (non-hydrogen) atoms. The normalized spacial score (nSPS) is 9.86. The molecule has 1 rings (SSSR count). The minimum Gasteiger partial charge on any atom is -0.469 e. The number of nitrogens with one attached hydrogen (secondary N) is 1. The summed E-state index contributed by atoms with van der Waals surface area (Å²) in [5, 5.41) is 11.9. The van der Waals surface area contributed by atoms with Gasteiger partial charge in [0, 0.05) is 12.8 Å². The quantitative estimate of drug-likeness (QED) is 0.590. The van der Waals surface area contributed by atoms with Crippen molar-refractivity contribution >= 4 is 17.6 Å². The van der Waals surface area contributed by atoms with Crippen LogP contribution in [-0.2, 0) is 14.3 Å². The highest BCUT2D eigenvalue weighted by Gasteiger charge is 2.09. The molecule has 1 aromatic rings. The van der Waals surface area contributed by atoms with Gasteiger partial charge >= 0.3 is 5.97 Å². The van der Waals surface area contributed by atoms with E-state index in [9.17, 15) is 9.59 Å². The number of rotatable bonds is 8. The number of carbonyl (C=O) groups excluding carboxylic acids is 2. The second kappa shape index (κ2) is 9.56. The van der Waals surface area contributed by atoms with Crippen molar-refractivity contribution in [3.8, 4) is 6.07 Å². The number of anilines is 1. The lowest BCUT2D eigenvalue weighted by molar-refractivity contribution is -0.140. The average molecular weight is 302 g/mol. The fraction of sp³-hybridized carbons (Fsp3) is 0.471. The molecular weight excluding hydrogens is 280 g/mol. The van der Waals surface area contributed by atoms with Gasteiger partial charge in [-0.15, -0.1) is 0 Å². The first-order chi connectivity index (χ1) is 10.6. The molecule has 0 heterocycles. The molecule has 1 amide bonds. The maximum absolute atomic E-state index is 11.9. The van der Waals surface area contributed by atoms with Crippen molar-refractivity contribution in [3.63, 3.8) is 0 Å². The summed E-state index contributed by atoms with van der Waals surface area (Å²) in [6, 6.07) is 7.43. The van der Waals surface area contributed by atoms with E-state index in [-0.39, 0.29) is 11.9 Å². The zero-order valence-corrected chi connectivity index (χ0v) is 13.1. The van der Waals surface area contributed by atoms with Crippen LogP contribution >= 0.6 is 0 Å². The molecule has 0 saturated heterocycles. The van der Waals surface area contributed by atoms with Crippen LogP contribution in [0.1, 0.15) is 49.7 Å². The molecule has 0 bridgehead atoms. The summed E-state index contributed by atoms with van der Waals surface area (Å²) in [4.78, 5) is 22.9. The van der Waals surface area contributed by atoms with Gasteiger partial charge in [-0.1, -0.05) is 25.0 Å². The Labute approximate surface area is 131 Å². The fourth-order valence-corrected chi connectivity index (χ4v) is 2.14. The van der Waals surface area contributed by atoms with Crippen molar-refractivity contribution in [1.82, 2.24) is 0 Å². The number of aryl methyl sites for hydroxylation is 1. The molecule has 0 aliphatic rings. The number of nitriles is 1. The lowest BCUT2D eigenvalue weighted by Crippen LogP contribution is -2.13. The van der Waals surface area contributed by atoms with E-state index in [0.29, 0.717) is 24.1 Å². The van der Waals surface area contributed by atoms with Gasteiger partial charge in [0.05, 0.1) is 18.4 Å². The predicted molar refractivity (Wildman–Crippen MR) is 84.2 cm³/mol. The zero-order valence-electron chi connectivity index (χ0n) is 13.1. The number of methoxy groups -OCH3 is 1. The first kappa shape index (κ1) is 17.7. The van der Waals surface area contributed by atoms with Crippen LogP contribution < -0.4 is 5.32 Å². The van der Waals surface area contributed by atoms with Crippen LogP contribution in [0.3, 0.4) is 0 Å². The molecule has 5 heteroatoms. The van der Waals surface area contributed by atoms with Crippen molar-refractivity contribution in [3.05, 3.63) is 29.3 Å². The molecule has 118 valence electrons. The van der Waals surface area contributed by atoms with E-state index < -0.39 is 0 Å². The SMILES string of the molecule is COC(=O)CCCCCCC(=O)Nc1c(C)cccc1C#N. The van der Waals surface area contributed by atoms with Gasteiger partial charge in [0.2, 0.25) is 5.91 Å². The Hall–Kier alpha value is -2.35. The Kier molecular flexibility index (Phi) is 7.69. The van der Waals surface area contributed by atoms with Crippen LogP contribution in [0.2, 0.25) is 0 Å². The van der Waals surface area contributed by atoms with Crippen LogP contribution in [-0.4, -0.2) is 19.0 Å². The molecule has 0 fully saturated rings. The summed E-state index contributed by atoms with van der Waals surface area (Å²) in [5.41, 5.74) is 1.96. The predicted octanol–water partition coefficient (Wildman–Crippen LogP) is 3.32. The number of ether oxygens (including phenoxy) is 1. The second-order valence-corrected chi connectivity index (χ2v) is 5.15. The van der Waals surface area contributed by atoms with E-state index in [1.165, 1.54) is 7.11 Å². The third kappa shape index (κ3) is 5.96. The molecule has 1 aromatic carbocycles. The Morgan fingerprint density at radius 2 is 1.86 bits per heavy atom. The van der Waals surface area contributed by atoms with Gasteiger partial charge < -0.3 is 10.1 Å². The summed E-state index contributed by atoms with van der Waals surface area (Å²) in [6.45, 7) is 1.86. The van der Waals surface area contributed by atoms with Crippen molar-refractivity contribution in [2.75, 3.05) is 12.4 Å². The number of benzene rings is 1. The molecule has 1 N–H and O–H groups in total. The average Bonchev–Trinajstić information content (AvgIpc) is 2.52. The maximum Gasteiger partial charge on any atom is 0.305 e. The van der Waals surface area contributed by atoms with Gasteiger partial charge in [-0.05, 0) is 31.4 Å². The van der Waals surface area contributed by atoms with Crippen LogP contribution in [0.5, 0.6) is 0 Å². The summed E-state index contributed by atoms with van der Waals surface area (Å²) in [5.74, 6) is -0.278. The minimum absolute atomic E-state index is 0.0845. The fourth-order valence-electron chi connectivity index (χ4n) is 2.14. The van der Waals surface area contributed by atoms with E-state index in [0.717, 1.165) is 31.2 Å². The van der Waals surface area contributed by atoms with Crippen molar-refractivity contribution in [1.29, 1.82) is 5.26 Å². The number of para-hydroxylation sites is 1. The Bertz CT molecular complexity index is 562. The van der Waals surface area contributed by atoms with Crippen LogP contribution in [0.25, 0.3) is 0 Å². The first-order valence-corrected chi connectivity index (χ1v) is 7.45. The van der Waals surface area contributed by atoms with E-state index >= 15 is 0 Å². The zero-order chi connectivity index (χ0) is 16.4. The Morgan fingerprint density at radius 1 is 1.18 bits per heavy atom. The van der Waals surface area contributed by atoms with Crippen LogP contribution in [0, 0.1) is 18.3 Å². The molecule has 0 unspecified atom stereocenters. The molecule has 0 radical (unpaired) electrons. The highest BCUT2D eigenvalue weighted by atomic mass is 16.5. The van der Waals surface area contributed by atoms with Crippen molar-refractivity contribution in [2.24, 2.45) is 0 Å². The Balaban J connectivity index is 2.30. The lowest BCUT2D eigenvalue weighted by atomic mass is 10.1. The maximum atomic E-state index is 11.9. The van der Waals surface area contributed by atoms with E-state index in [1.807, 2.05) is 13.0 Å². The molecule has 0 aromatic heterocycles. The molecule has 0 spiro atoms.